The van der Waals surface area contributed by atoms with Crippen molar-refractivity contribution < 1.29 is 19.4 Å². The second kappa shape index (κ2) is 5.90. The first-order valence-electron chi connectivity index (χ1n) is 5.70. The van der Waals surface area contributed by atoms with Crippen LogP contribution >= 0.6 is 0 Å². The minimum Gasteiger partial charge on any atom is -0.493 e. The average molecular weight is 262 g/mol. The van der Waals surface area contributed by atoms with E-state index in [4.69, 9.17) is 14.6 Å². The van der Waals surface area contributed by atoms with Crippen LogP contribution in [0.1, 0.15) is 10.4 Å². The largest absolute Gasteiger partial charge is 0.493 e. The molecule has 0 radical (unpaired) electrons. The maximum Gasteiger partial charge on any atom is 0.335 e. The topological polar surface area (TPSA) is 73.6 Å². The Morgan fingerprint density at radius 2 is 2.26 bits per heavy atom. The number of benzene rings is 1. The third-order valence-electron chi connectivity index (χ3n) is 2.58. The van der Waals surface area contributed by atoms with Crippen LogP contribution in [0.25, 0.3) is 0 Å². The number of carbonyl (C=O) groups is 1. The van der Waals surface area contributed by atoms with Crippen LogP contribution in [-0.4, -0.2) is 34.3 Å². The number of rotatable bonds is 6. The fourth-order valence-electron chi connectivity index (χ4n) is 1.60. The van der Waals surface area contributed by atoms with E-state index in [-0.39, 0.29) is 5.56 Å². The maximum absolute atomic E-state index is 10.9. The van der Waals surface area contributed by atoms with E-state index in [1.54, 1.807) is 18.6 Å². The van der Waals surface area contributed by atoms with Crippen molar-refractivity contribution in [2.75, 3.05) is 13.7 Å². The minimum absolute atomic E-state index is 0.165. The summed E-state index contributed by atoms with van der Waals surface area (Å²) in [6.07, 6.45) is 5.20. The molecule has 6 heteroatoms. The highest BCUT2D eigenvalue weighted by Gasteiger charge is 2.09. The zero-order chi connectivity index (χ0) is 13.7. The molecule has 0 saturated carbocycles. The van der Waals surface area contributed by atoms with E-state index in [0.717, 1.165) is 0 Å². The number of nitrogens with zero attached hydrogens (tertiary/aromatic N) is 2. The molecule has 0 unspecified atom stereocenters. The molecule has 0 fully saturated rings. The number of hydrogen-bond acceptors (Lipinski definition) is 4. The molecule has 2 aromatic rings. The number of methoxy groups -OCH3 is 1. The maximum atomic E-state index is 10.9. The summed E-state index contributed by atoms with van der Waals surface area (Å²) in [5.41, 5.74) is 0.165. The van der Waals surface area contributed by atoms with E-state index in [0.29, 0.717) is 24.7 Å². The van der Waals surface area contributed by atoms with E-state index in [1.807, 2.05) is 10.8 Å². The summed E-state index contributed by atoms with van der Waals surface area (Å²) in [4.78, 5) is 14.8. The van der Waals surface area contributed by atoms with Gasteiger partial charge in [-0.2, -0.15) is 0 Å². The fourth-order valence-corrected chi connectivity index (χ4v) is 1.60. The van der Waals surface area contributed by atoms with Gasteiger partial charge in [-0.05, 0) is 18.2 Å². The second-order valence-corrected chi connectivity index (χ2v) is 3.82. The lowest BCUT2D eigenvalue weighted by molar-refractivity contribution is 0.0696. The minimum atomic E-state index is -0.998. The number of carboxylic acid groups (broad SMARTS) is 1. The zero-order valence-electron chi connectivity index (χ0n) is 10.4. The van der Waals surface area contributed by atoms with E-state index >= 15 is 0 Å². The van der Waals surface area contributed by atoms with Gasteiger partial charge in [-0.1, -0.05) is 0 Å². The Morgan fingerprint density at radius 1 is 1.42 bits per heavy atom. The molecule has 0 saturated heterocycles. The summed E-state index contributed by atoms with van der Waals surface area (Å²) in [6.45, 7) is 1.02. The summed E-state index contributed by atoms with van der Waals surface area (Å²) in [7, 11) is 1.51. The molecule has 1 heterocycles. The van der Waals surface area contributed by atoms with Gasteiger partial charge in [0.15, 0.2) is 11.5 Å². The highest BCUT2D eigenvalue weighted by Crippen LogP contribution is 2.28. The van der Waals surface area contributed by atoms with Crippen molar-refractivity contribution in [3.05, 3.63) is 42.5 Å². The molecule has 0 bridgehead atoms. The highest BCUT2D eigenvalue weighted by molar-refractivity contribution is 5.88. The Morgan fingerprint density at radius 3 is 2.89 bits per heavy atom. The van der Waals surface area contributed by atoms with Crippen molar-refractivity contribution in [2.45, 2.75) is 6.54 Å². The molecule has 2 rings (SSSR count). The molecule has 0 atom stereocenters. The fraction of sp³-hybridized carbons (Fsp3) is 0.231. The van der Waals surface area contributed by atoms with Crippen molar-refractivity contribution in [1.82, 2.24) is 9.55 Å². The molecule has 0 aliphatic rings. The number of imidazole rings is 1. The molecule has 1 N–H and O–H groups in total. The van der Waals surface area contributed by atoms with Crippen molar-refractivity contribution in [1.29, 1.82) is 0 Å². The van der Waals surface area contributed by atoms with Gasteiger partial charge in [-0.3, -0.25) is 0 Å². The van der Waals surface area contributed by atoms with E-state index in [1.165, 1.54) is 19.2 Å². The first-order chi connectivity index (χ1) is 9.20. The SMILES string of the molecule is COc1ccc(C(=O)O)cc1OCCn1ccnc1. The van der Waals surface area contributed by atoms with Crippen LogP contribution in [0.2, 0.25) is 0 Å². The van der Waals surface area contributed by atoms with Gasteiger partial charge in [0.05, 0.1) is 25.5 Å². The molecular formula is C13H14N2O4. The van der Waals surface area contributed by atoms with Gasteiger partial charge in [-0.15, -0.1) is 0 Å². The Hall–Kier alpha value is -2.50. The van der Waals surface area contributed by atoms with Crippen LogP contribution in [0.3, 0.4) is 0 Å². The van der Waals surface area contributed by atoms with Gasteiger partial charge in [0, 0.05) is 12.4 Å². The molecule has 6 nitrogen and oxygen atoms in total. The van der Waals surface area contributed by atoms with E-state index < -0.39 is 5.97 Å². The third-order valence-corrected chi connectivity index (χ3v) is 2.58. The Labute approximate surface area is 110 Å². The lowest BCUT2D eigenvalue weighted by Gasteiger charge is -2.11. The van der Waals surface area contributed by atoms with Crippen molar-refractivity contribution in [3.63, 3.8) is 0 Å². The first-order valence-corrected chi connectivity index (χ1v) is 5.70. The second-order valence-electron chi connectivity index (χ2n) is 3.82. The van der Waals surface area contributed by atoms with Crippen LogP contribution in [0, 0.1) is 0 Å². The van der Waals surface area contributed by atoms with Gasteiger partial charge < -0.3 is 19.1 Å². The number of hydrogen-bond donors (Lipinski definition) is 1. The predicted molar refractivity (Wildman–Crippen MR) is 67.7 cm³/mol. The summed E-state index contributed by atoms with van der Waals surface area (Å²) in [6, 6.07) is 4.51. The number of aromatic nitrogens is 2. The molecular weight excluding hydrogens is 248 g/mol. The molecule has 19 heavy (non-hydrogen) atoms. The van der Waals surface area contributed by atoms with Crippen LogP contribution < -0.4 is 9.47 Å². The quantitative estimate of drug-likeness (QED) is 0.857. The van der Waals surface area contributed by atoms with Gasteiger partial charge in [0.1, 0.15) is 6.61 Å². The molecule has 100 valence electrons. The normalized spacial score (nSPS) is 10.2. The Bertz CT molecular complexity index is 552. The summed E-state index contributed by atoms with van der Waals surface area (Å²) >= 11 is 0. The van der Waals surface area contributed by atoms with E-state index in [9.17, 15) is 4.79 Å². The van der Waals surface area contributed by atoms with Gasteiger partial charge >= 0.3 is 5.97 Å². The van der Waals surface area contributed by atoms with Crippen LogP contribution in [0.15, 0.2) is 36.9 Å². The van der Waals surface area contributed by atoms with Crippen LogP contribution in [-0.2, 0) is 6.54 Å². The number of ether oxygens (including phenoxy) is 2. The molecule has 0 spiro atoms. The number of carboxylic acids is 1. The zero-order valence-corrected chi connectivity index (χ0v) is 10.4. The molecule has 1 aromatic carbocycles. The van der Waals surface area contributed by atoms with Crippen LogP contribution in [0.4, 0.5) is 0 Å². The van der Waals surface area contributed by atoms with E-state index in [2.05, 4.69) is 4.98 Å². The van der Waals surface area contributed by atoms with Crippen molar-refractivity contribution in [3.8, 4) is 11.5 Å². The predicted octanol–water partition coefficient (Wildman–Crippen LogP) is 1.67. The lowest BCUT2D eigenvalue weighted by atomic mass is 10.2. The van der Waals surface area contributed by atoms with Crippen molar-refractivity contribution >= 4 is 5.97 Å². The molecule has 0 amide bonds. The van der Waals surface area contributed by atoms with Crippen LogP contribution in [0.5, 0.6) is 11.5 Å². The monoisotopic (exact) mass is 262 g/mol. The summed E-state index contributed by atoms with van der Waals surface area (Å²) < 4.78 is 12.6. The summed E-state index contributed by atoms with van der Waals surface area (Å²) in [5.74, 6) is -0.0692. The third kappa shape index (κ3) is 3.25. The Kier molecular flexibility index (Phi) is 4.02. The average Bonchev–Trinajstić information content (AvgIpc) is 2.91. The smallest absolute Gasteiger partial charge is 0.335 e. The molecule has 1 aromatic heterocycles. The molecule has 0 aliphatic heterocycles. The molecule has 0 aliphatic carbocycles. The van der Waals surface area contributed by atoms with Gasteiger partial charge in [0.25, 0.3) is 0 Å². The van der Waals surface area contributed by atoms with Gasteiger partial charge in [-0.25, -0.2) is 9.78 Å². The lowest BCUT2D eigenvalue weighted by Crippen LogP contribution is -2.08. The van der Waals surface area contributed by atoms with Gasteiger partial charge in [0.2, 0.25) is 0 Å². The Balaban J connectivity index is 2.04. The standard InChI is InChI=1S/C13H14N2O4/c1-18-11-3-2-10(13(16)17)8-12(11)19-7-6-15-5-4-14-9-15/h2-5,8-9H,6-7H2,1H3,(H,16,17). The summed E-state index contributed by atoms with van der Waals surface area (Å²) in [5, 5.41) is 8.94. The highest BCUT2D eigenvalue weighted by atomic mass is 16.5. The van der Waals surface area contributed by atoms with Crippen molar-refractivity contribution in [2.24, 2.45) is 0 Å². The first kappa shape index (κ1) is 12.9. The number of aromatic carboxylic acids is 1.